The highest BCUT2D eigenvalue weighted by Gasteiger charge is 2.23. The summed E-state index contributed by atoms with van der Waals surface area (Å²) in [5, 5.41) is 10.5. The molecule has 2 N–H and O–H groups in total. The molecule has 1 heterocycles. The first-order valence-electron chi connectivity index (χ1n) is 5.64. The van der Waals surface area contributed by atoms with Crippen LogP contribution in [0.5, 0.6) is 0 Å². The van der Waals surface area contributed by atoms with E-state index in [9.17, 15) is 27.2 Å². The molecule has 0 saturated carbocycles. The highest BCUT2D eigenvalue weighted by molar-refractivity contribution is 6.10. The first kappa shape index (κ1) is 15.4. The first-order chi connectivity index (χ1) is 10.3. The van der Waals surface area contributed by atoms with E-state index in [0.717, 1.165) is 18.5 Å². The molecule has 0 fully saturated rings. The van der Waals surface area contributed by atoms with Crippen LogP contribution in [0, 0.1) is 23.3 Å². The number of benzene rings is 1. The second-order valence-electron chi connectivity index (χ2n) is 4.02. The van der Waals surface area contributed by atoms with Crippen LogP contribution in [0.25, 0.3) is 0 Å². The van der Waals surface area contributed by atoms with Crippen molar-refractivity contribution in [3.63, 3.8) is 0 Å². The zero-order valence-corrected chi connectivity index (χ0v) is 10.5. The third-order valence-corrected chi connectivity index (χ3v) is 2.65. The van der Waals surface area contributed by atoms with E-state index in [4.69, 9.17) is 5.11 Å². The zero-order chi connectivity index (χ0) is 16.4. The van der Waals surface area contributed by atoms with Crippen LogP contribution in [0.3, 0.4) is 0 Å². The van der Waals surface area contributed by atoms with Crippen LogP contribution in [0.2, 0.25) is 0 Å². The van der Waals surface area contributed by atoms with Crippen molar-refractivity contribution in [2.45, 2.75) is 0 Å². The molecular formula is C13H6F4N2O3. The number of carboxylic acid groups (broad SMARTS) is 1. The van der Waals surface area contributed by atoms with Crippen LogP contribution in [0.4, 0.5) is 23.2 Å². The third-order valence-electron chi connectivity index (χ3n) is 2.65. The van der Waals surface area contributed by atoms with Crippen LogP contribution in [0.1, 0.15) is 20.7 Å². The fourth-order valence-corrected chi connectivity index (χ4v) is 1.63. The number of carbonyl (C=O) groups excluding carboxylic acids is 1. The summed E-state index contributed by atoms with van der Waals surface area (Å²) in [6, 6.07) is 0.958. The number of rotatable bonds is 3. The van der Waals surface area contributed by atoms with Crippen LogP contribution in [0.15, 0.2) is 24.5 Å². The number of aromatic carboxylic acids is 1. The van der Waals surface area contributed by atoms with Gasteiger partial charge >= 0.3 is 5.97 Å². The Morgan fingerprint density at radius 3 is 2.18 bits per heavy atom. The minimum atomic E-state index is -1.81. The number of anilines is 1. The molecule has 9 heteroatoms. The number of hydrogen-bond donors (Lipinski definition) is 2. The molecule has 114 valence electrons. The number of carbonyl (C=O) groups is 2. The molecule has 0 bridgehead atoms. The summed E-state index contributed by atoms with van der Waals surface area (Å²) in [6.07, 6.45) is 1.91. The fourth-order valence-electron chi connectivity index (χ4n) is 1.63. The molecule has 2 aromatic rings. The lowest BCUT2D eigenvalue weighted by Crippen LogP contribution is -2.19. The van der Waals surface area contributed by atoms with Gasteiger partial charge in [0.1, 0.15) is 5.69 Å². The van der Waals surface area contributed by atoms with Crippen molar-refractivity contribution in [3.8, 4) is 0 Å². The molecule has 22 heavy (non-hydrogen) atoms. The Labute approximate surface area is 120 Å². The Balaban J connectivity index is 2.45. The highest BCUT2D eigenvalue weighted by Crippen LogP contribution is 2.25. The molecule has 0 aliphatic rings. The topological polar surface area (TPSA) is 79.3 Å². The van der Waals surface area contributed by atoms with Gasteiger partial charge in [-0.05, 0) is 6.07 Å². The minimum Gasteiger partial charge on any atom is -0.478 e. The van der Waals surface area contributed by atoms with Crippen molar-refractivity contribution in [2.24, 2.45) is 0 Å². The van der Waals surface area contributed by atoms with Gasteiger partial charge in [0.2, 0.25) is 0 Å². The lowest BCUT2D eigenvalue weighted by Gasteiger charge is -2.10. The zero-order valence-electron chi connectivity index (χ0n) is 10.5. The molecule has 0 radical (unpaired) electrons. The molecule has 1 aromatic carbocycles. The number of nitrogens with zero attached hydrogens (tertiary/aromatic N) is 1. The molecule has 0 atom stereocenters. The summed E-state index contributed by atoms with van der Waals surface area (Å²) in [4.78, 5) is 26.3. The average molecular weight is 314 g/mol. The number of amides is 1. The van der Waals surface area contributed by atoms with E-state index in [1.54, 1.807) is 5.32 Å². The van der Waals surface area contributed by atoms with Gasteiger partial charge in [-0.2, -0.15) is 0 Å². The number of halogens is 4. The van der Waals surface area contributed by atoms with E-state index >= 15 is 0 Å². The summed E-state index contributed by atoms with van der Waals surface area (Å²) >= 11 is 0. The highest BCUT2D eigenvalue weighted by atomic mass is 19.2. The van der Waals surface area contributed by atoms with Crippen LogP contribution in [-0.4, -0.2) is 22.0 Å². The van der Waals surface area contributed by atoms with Crippen molar-refractivity contribution in [3.05, 3.63) is 58.9 Å². The maximum atomic E-state index is 13.5. The summed E-state index contributed by atoms with van der Waals surface area (Å²) in [5.41, 5.74) is -2.38. The molecule has 1 aromatic heterocycles. The van der Waals surface area contributed by atoms with Crippen LogP contribution in [-0.2, 0) is 0 Å². The average Bonchev–Trinajstić information content (AvgIpc) is 2.49. The van der Waals surface area contributed by atoms with Gasteiger partial charge in [0.15, 0.2) is 23.3 Å². The summed E-state index contributed by atoms with van der Waals surface area (Å²) < 4.78 is 53.0. The lowest BCUT2D eigenvalue weighted by atomic mass is 10.1. The maximum absolute atomic E-state index is 13.5. The first-order valence-corrected chi connectivity index (χ1v) is 5.64. The summed E-state index contributed by atoms with van der Waals surface area (Å²) in [6.45, 7) is 0. The maximum Gasteiger partial charge on any atom is 0.338 e. The van der Waals surface area contributed by atoms with Crippen molar-refractivity contribution >= 4 is 17.6 Å². The number of nitrogens with one attached hydrogen (secondary N) is 1. The van der Waals surface area contributed by atoms with Gasteiger partial charge < -0.3 is 10.4 Å². The Bertz CT molecular complexity index is 754. The van der Waals surface area contributed by atoms with Gasteiger partial charge in [-0.1, -0.05) is 0 Å². The van der Waals surface area contributed by atoms with E-state index < -0.39 is 52.0 Å². The predicted octanol–water partition coefficient (Wildman–Crippen LogP) is 2.59. The molecule has 0 aliphatic heterocycles. The molecule has 0 aliphatic carbocycles. The van der Waals surface area contributed by atoms with E-state index in [1.165, 1.54) is 0 Å². The molecule has 0 unspecified atom stereocenters. The van der Waals surface area contributed by atoms with Crippen molar-refractivity contribution < 1.29 is 32.3 Å². The predicted molar refractivity (Wildman–Crippen MR) is 65.4 cm³/mol. The summed E-state index contributed by atoms with van der Waals surface area (Å²) in [7, 11) is 0. The number of hydrogen-bond acceptors (Lipinski definition) is 3. The molecule has 2 rings (SSSR count). The Morgan fingerprint density at radius 1 is 1.05 bits per heavy atom. The van der Waals surface area contributed by atoms with Gasteiger partial charge in [-0.3, -0.25) is 9.78 Å². The van der Waals surface area contributed by atoms with Gasteiger partial charge in [-0.25, -0.2) is 22.4 Å². The molecule has 1 amide bonds. The third kappa shape index (κ3) is 2.73. The fraction of sp³-hybridized carbons (Fsp3) is 0. The van der Waals surface area contributed by atoms with E-state index in [0.29, 0.717) is 0 Å². The van der Waals surface area contributed by atoms with Gasteiger partial charge in [0.25, 0.3) is 5.91 Å². The number of carboxylic acids is 1. The number of pyridine rings is 1. The van der Waals surface area contributed by atoms with Gasteiger partial charge in [-0.15, -0.1) is 0 Å². The smallest absolute Gasteiger partial charge is 0.338 e. The normalized spacial score (nSPS) is 10.4. The Morgan fingerprint density at radius 2 is 1.64 bits per heavy atom. The standard InChI is InChI=1S/C13H6F4N2O3/c14-7-3-8(15)10(17)11(9(7)16)19-12(20)5-1-2-18-4-6(5)13(21)22/h1-4H,(H,19,20)(H,21,22). The minimum absolute atomic E-state index is 0.0184. The monoisotopic (exact) mass is 314 g/mol. The van der Waals surface area contributed by atoms with Crippen LogP contribution < -0.4 is 5.32 Å². The van der Waals surface area contributed by atoms with E-state index in [2.05, 4.69) is 4.98 Å². The quantitative estimate of drug-likeness (QED) is 0.674. The molecule has 5 nitrogen and oxygen atoms in total. The van der Waals surface area contributed by atoms with Crippen molar-refractivity contribution in [2.75, 3.05) is 5.32 Å². The second-order valence-corrected chi connectivity index (χ2v) is 4.02. The Hall–Kier alpha value is -2.97. The van der Waals surface area contributed by atoms with Gasteiger partial charge in [0.05, 0.1) is 11.1 Å². The summed E-state index contributed by atoms with van der Waals surface area (Å²) in [5.74, 6) is -9.80. The second kappa shape index (κ2) is 5.80. The van der Waals surface area contributed by atoms with Crippen molar-refractivity contribution in [1.82, 2.24) is 4.98 Å². The molecule has 0 spiro atoms. The SMILES string of the molecule is O=C(O)c1cnccc1C(=O)Nc1c(F)c(F)cc(F)c1F. The molecule has 0 saturated heterocycles. The van der Waals surface area contributed by atoms with Crippen molar-refractivity contribution in [1.29, 1.82) is 0 Å². The molecular weight excluding hydrogens is 308 g/mol. The lowest BCUT2D eigenvalue weighted by molar-refractivity contribution is 0.0692. The van der Waals surface area contributed by atoms with Gasteiger partial charge in [0, 0.05) is 18.5 Å². The van der Waals surface area contributed by atoms with Crippen LogP contribution >= 0.6 is 0 Å². The largest absolute Gasteiger partial charge is 0.478 e. The van der Waals surface area contributed by atoms with E-state index in [1.807, 2.05) is 0 Å². The Kier molecular flexibility index (Phi) is 4.06. The number of aromatic nitrogens is 1. The van der Waals surface area contributed by atoms with E-state index in [-0.39, 0.29) is 6.07 Å².